The average molecular weight is 394 g/mol. The number of methoxy groups -OCH3 is 1. The Balaban J connectivity index is 1.48. The van der Waals surface area contributed by atoms with Crippen LogP contribution in [0.4, 0.5) is 11.4 Å². The van der Waals surface area contributed by atoms with Crippen molar-refractivity contribution in [3.8, 4) is 17.2 Å². The lowest BCUT2D eigenvalue weighted by atomic mass is 10.1. The van der Waals surface area contributed by atoms with E-state index < -0.39 is 0 Å². The Bertz CT molecular complexity index is 970. The number of rotatable bonds is 5. The molecular weight excluding hydrogens is 372 g/mol. The minimum atomic E-state index is -0.274. The highest BCUT2D eigenvalue weighted by molar-refractivity contribution is 6.03. The molecule has 0 saturated carbocycles. The number of nitrogens with zero attached hydrogens (tertiary/aromatic N) is 1. The van der Waals surface area contributed by atoms with Crippen LogP contribution in [-0.4, -0.2) is 32.3 Å². The van der Waals surface area contributed by atoms with E-state index in [0.29, 0.717) is 41.6 Å². The van der Waals surface area contributed by atoms with Crippen LogP contribution in [0, 0.1) is 0 Å². The maximum atomic E-state index is 12.4. The summed E-state index contributed by atoms with van der Waals surface area (Å²) in [5, 5.41) is 2.83. The molecule has 29 heavy (non-hydrogen) atoms. The first-order chi connectivity index (χ1) is 14.1. The molecule has 0 radical (unpaired) electrons. The second kappa shape index (κ2) is 8.26. The topological polar surface area (TPSA) is 77.1 Å². The Morgan fingerprint density at radius 3 is 2.83 bits per heavy atom. The lowest BCUT2D eigenvalue weighted by molar-refractivity contribution is -0.119. The summed E-state index contributed by atoms with van der Waals surface area (Å²) < 4.78 is 16.0. The lowest BCUT2D eigenvalue weighted by Gasteiger charge is -2.28. The molecule has 1 saturated heterocycles. The van der Waals surface area contributed by atoms with Crippen LogP contribution in [0.25, 0.3) is 6.08 Å². The first-order valence-electron chi connectivity index (χ1n) is 9.51. The van der Waals surface area contributed by atoms with Crippen LogP contribution >= 0.6 is 0 Å². The smallest absolute Gasteiger partial charge is 0.248 e. The third-order valence-electron chi connectivity index (χ3n) is 4.88. The molecule has 1 N–H and O–H groups in total. The molecule has 7 heteroatoms. The number of ether oxygens (including phenoxy) is 3. The quantitative estimate of drug-likeness (QED) is 0.785. The van der Waals surface area contributed by atoms with Gasteiger partial charge in [0, 0.05) is 24.7 Å². The number of nitrogens with one attached hydrogen (secondary N) is 1. The minimum Gasteiger partial charge on any atom is -0.495 e. The van der Waals surface area contributed by atoms with Gasteiger partial charge in [0.05, 0.1) is 12.8 Å². The molecule has 2 aromatic carbocycles. The van der Waals surface area contributed by atoms with E-state index in [2.05, 4.69) is 5.32 Å². The number of piperidine rings is 1. The summed E-state index contributed by atoms with van der Waals surface area (Å²) in [6.07, 6.45) is 5.53. The first-order valence-corrected chi connectivity index (χ1v) is 9.51. The van der Waals surface area contributed by atoms with E-state index in [1.54, 1.807) is 36.3 Å². The van der Waals surface area contributed by atoms with Crippen molar-refractivity contribution in [3.05, 3.63) is 48.0 Å². The van der Waals surface area contributed by atoms with Gasteiger partial charge in [0.15, 0.2) is 11.5 Å². The van der Waals surface area contributed by atoms with Crippen LogP contribution in [0.1, 0.15) is 24.8 Å². The van der Waals surface area contributed by atoms with E-state index in [0.717, 1.165) is 18.4 Å². The van der Waals surface area contributed by atoms with Crippen molar-refractivity contribution in [1.29, 1.82) is 0 Å². The number of benzene rings is 2. The third kappa shape index (κ3) is 4.18. The molecule has 0 aliphatic carbocycles. The fraction of sp³-hybridized carbons (Fsp3) is 0.273. The van der Waals surface area contributed by atoms with Crippen molar-refractivity contribution >= 4 is 29.3 Å². The number of hydrogen-bond donors (Lipinski definition) is 1. The average Bonchev–Trinajstić information content (AvgIpc) is 3.20. The van der Waals surface area contributed by atoms with E-state index in [9.17, 15) is 9.59 Å². The fourth-order valence-corrected chi connectivity index (χ4v) is 3.41. The number of carbonyl (C=O) groups excluding carboxylic acids is 2. The highest BCUT2D eigenvalue weighted by Crippen LogP contribution is 2.34. The molecule has 2 aliphatic rings. The molecule has 2 heterocycles. The minimum absolute atomic E-state index is 0.0701. The largest absolute Gasteiger partial charge is 0.495 e. The van der Waals surface area contributed by atoms with Gasteiger partial charge in [0.2, 0.25) is 18.6 Å². The van der Waals surface area contributed by atoms with Crippen molar-refractivity contribution in [2.24, 2.45) is 0 Å². The molecule has 0 atom stereocenters. The highest BCUT2D eigenvalue weighted by atomic mass is 16.7. The molecular formula is C22H22N2O5. The number of amides is 2. The maximum Gasteiger partial charge on any atom is 0.248 e. The van der Waals surface area contributed by atoms with E-state index in [4.69, 9.17) is 14.2 Å². The molecule has 7 nitrogen and oxygen atoms in total. The molecule has 2 amide bonds. The van der Waals surface area contributed by atoms with Crippen LogP contribution in [0.3, 0.4) is 0 Å². The summed E-state index contributed by atoms with van der Waals surface area (Å²) in [6, 6.07) is 10.8. The summed E-state index contributed by atoms with van der Waals surface area (Å²) in [5.41, 5.74) is 2.10. The molecule has 0 bridgehead atoms. The second-order valence-electron chi connectivity index (χ2n) is 6.82. The number of fused-ring (bicyclic) bond motifs is 1. The Morgan fingerprint density at radius 1 is 1.14 bits per heavy atom. The van der Waals surface area contributed by atoms with Gasteiger partial charge in [0.1, 0.15) is 5.75 Å². The number of anilines is 2. The van der Waals surface area contributed by atoms with Crippen LogP contribution in [0.15, 0.2) is 42.5 Å². The zero-order valence-electron chi connectivity index (χ0n) is 16.1. The van der Waals surface area contributed by atoms with E-state index in [1.807, 2.05) is 18.2 Å². The summed E-state index contributed by atoms with van der Waals surface area (Å²) in [4.78, 5) is 26.4. The fourth-order valence-electron chi connectivity index (χ4n) is 3.41. The maximum absolute atomic E-state index is 12.4. The van der Waals surface area contributed by atoms with Crippen molar-refractivity contribution in [2.75, 3.05) is 30.7 Å². The van der Waals surface area contributed by atoms with Gasteiger partial charge in [-0.05, 0) is 54.8 Å². The lowest BCUT2D eigenvalue weighted by Crippen LogP contribution is -2.35. The van der Waals surface area contributed by atoms with Gasteiger partial charge < -0.3 is 24.4 Å². The van der Waals surface area contributed by atoms with Gasteiger partial charge in [-0.1, -0.05) is 6.07 Å². The van der Waals surface area contributed by atoms with Crippen LogP contribution in [-0.2, 0) is 9.59 Å². The monoisotopic (exact) mass is 394 g/mol. The number of hydrogen-bond acceptors (Lipinski definition) is 5. The van der Waals surface area contributed by atoms with Gasteiger partial charge in [-0.25, -0.2) is 0 Å². The van der Waals surface area contributed by atoms with Crippen LogP contribution in [0.2, 0.25) is 0 Å². The number of carbonyl (C=O) groups is 2. The molecule has 0 spiro atoms. The molecule has 0 unspecified atom stereocenters. The molecule has 150 valence electrons. The summed E-state index contributed by atoms with van der Waals surface area (Å²) in [7, 11) is 1.57. The summed E-state index contributed by atoms with van der Waals surface area (Å²) in [5.74, 6) is 1.77. The first kappa shape index (κ1) is 18.9. The summed E-state index contributed by atoms with van der Waals surface area (Å²) in [6.45, 7) is 0.860. The van der Waals surface area contributed by atoms with Gasteiger partial charge in [0.25, 0.3) is 0 Å². The Morgan fingerprint density at radius 2 is 2.00 bits per heavy atom. The van der Waals surface area contributed by atoms with Gasteiger partial charge in [-0.15, -0.1) is 0 Å². The SMILES string of the molecule is COc1ccc(NC(=O)C=Cc2ccc3c(c2)OCO3)cc1N1CCCCC1=O. The molecule has 2 aromatic rings. The van der Waals surface area contributed by atoms with Crippen LogP contribution in [0.5, 0.6) is 17.2 Å². The van der Waals surface area contributed by atoms with Crippen molar-refractivity contribution in [2.45, 2.75) is 19.3 Å². The van der Waals surface area contributed by atoms with E-state index in [1.165, 1.54) is 6.08 Å². The molecule has 4 rings (SSSR count). The molecule has 1 fully saturated rings. The van der Waals surface area contributed by atoms with E-state index in [-0.39, 0.29) is 18.6 Å². The van der Waals surface area contributed by atoms with Crippen molar-refractivity contribution in [1.82, 2.24) is 0 Å². The van der Waals surface area contributed by atoms with E-state index >= 15 is 0 Å². The third-order valence-corrected chi connectivity index (χ3v) is 4.88. The molecule has 2 aliphatic heterocycles. The van der Waals surface area contributed by atoms with Gasteiger partial charge in [-0.2, -0.15) is 0 Å². The van der Waals surface area contributed by atoms with Gasteiger partial charge in [-0.3, -0.25) is 9.59 Å². The zero-order chi connectivity index (χ0) is 20.2. The highest BCUT2D eigenvalue weighted by Gasteiger charge is 2.23. The Hall–Kier alpha value is -3.48. The Labute approximate surface area is 168 Å². The predicted molar refractivity (Wildman–Crippen MR) is 109 cm³/mol. The Kier molecular flexibility index (Phi) is 5.37. The zero-order valence-corrected chi connectivity index (χ0v) is 16.1. The normalized spacial score (nSPS) is 15.6. The standard InChI is InChI=1S/C22H22N2O5/c1-27-18-9-7-16(13-17(18)24-11-3-2-4-22(24)26)23-21(25)10-6-15-5-8-19-20(12-15)29-14-28-19/h5-10,12-13H,2-4,11,14H2,1H3,(H,23,25). The van der Waals surface area contributed by atoms with Crippen LogP contribution < -0.4 is 24.4 Å². The predicted octanol–water partition coefficient (Wildman–Crippen LogP) is 3.59. The van der Waals surface area contributed by atoms with Gasteiger partial charge >= 0.3 is 0 Å². The molecule has 0 aromatic heterocycles. The van der Waals surface area contributed by atoms with Crippen molar-refractivity contribution in [3.63, 3.8) is 0 Å². The summed E-state index contributed by atoms with van der Waals surface area (Å²) >= 11 is 0. The van der Waals surface area contributed by atoms with Crippen molar-refractivity contribution < 1.29 is 23.8 Å². The second-order valence-corrected chi connectivity index (χ2v) is 6.82.